The number of unbranched alkanes of at least 4 members (excludes halogenated alkanes) is 2. The Morgan fingerprint density at radius 1 is 1.10 bits per heavy atom. The minimum atomic E-state index is -0.568. The highest BCUT2D eigenvalue weighted by molar-refractivity contribution is 6.33. The lowest BCUT2D eigenvalue weighted by Crippen LogP contribution is -2.43. The molecule has 4 N–H and O–H groups in total. The predicted octanol–water partition coefficient (Wildman–Crippen LogP) is 2.05. The minimum Gasteiger partial charge on any atom is -0.396 e. The van der Waals surface area contributed by atoms with E-state index in [9.17, 15) is 9.59 Å². The Morgan fingerprint density at radius 3 is 2.55 bits per heavy atom. The van der Waals surface area contributed by atoms with Gasteiger partial charge in [-0.2, -0.15) is 0 Å². The van der Waals surface area contributed by atoms with Gasteiger partial charge in [-0.1, -0.05) is 30.2 Å². The van der Waals surface area contributed by atoms with Gasteiger partial charge in [0.05, 0.1) is 10.7 Å². The number of amides is 3. The Labute approximate surface area is 122 Å². The van der Waals surface area contributed by atoms with Gasteiger partial charge in [0, 0.05) is 13.0 Å². The number of halogens is 1. The average Bonchev–Trinajstić information content (AvgIpc) is 2.44. The van der Waals surface area contributed by atoms with Crippen LogP contribution in [-0.4, -0.2) is 23.7 Å². The van der Waals surface area contributed by atoms with Gasteiger partial charge >= 0.3 is 6.03 Å². The average molecular weight is 300 g/mol. The highest BCUT2D eigenvalue weighted by atomic mass is 35.5. The van der Waals surface area contributed by atoms with Crippen LogP contribution in [0.4, 0.5) is 10.5 Å². The number of anilines is 1. The number of aliphatic hydroxyl groups is 1. The lowest BCUT2D eigenvalue weighted by molar-refractivity contribution is -0.121. The topological polar surface area (TPSA) is 90.5 Å². The van der Waals surface area contributed by atoms with Crippen molar-refractivity contribution in [3.05, 3.63) is 29.3 Å². The number of urea groups is 1. The molecule has 0 aromatic heterocycles. The van der Waals surface area contributed by atoms with Crippen molar-refractivity contribution in [2.75, 3.05) is 11.9 Å². The molecule has 0 fully saturated rings. The van der Waals surface area contributed by atoms with Crippen LogP contribution < -0.4 is 16.2 Å². The summed E-state index contributed by atoms with van der Waals surface area (Å²) in [6, 6.07) is 6.22. The monoisotopic (exact) mass is 299 g/mol. The third kappa shape index (κ3) is 6.40. The first kappa shape index (κ1) is 16.3. The van der Waals surface area contributed by atoms with Crippen LogP contribution in [0.3, 0.4) is 0 Å². The second-order valence-electron chi connectivity index (χ2n) is 4.14. The summed E-state index contributed by atoms with van der Waals surface area (Å²) in [5.74, 6) is -0.280. The summed E-state index contributed by atoms with van der Waals surface area (Å²) in [5.41, 5.74) is 5.00. The first-order valence-electron chi connectivity index (χ1n) is 6.34. The van der Waals surface area contributed by atoms with Crippen molar-refractivity contribution in [2.24, 2.45) is 0 Å². The smallest absolute Gasteiger partial charge is 0.337 e. The molecular formula is C13H18ClN3O3. The Morgan fingerprint density at radius 2 is 1.85 bits per heavy atom. The van der Waals surface area contributed by atoms with E-state index >= 15 is 0 Å². The number of benzene rings is 1. The second kappa shape index (κ2) is 9.17. The molecule has 6 nitrogen and oxygen atoms in total. The van der Waals surface area contributed by atoms with Crippen LogP contribution in [0.5, 0.6) is 0 Å². The van der Waals surface area contributed by atoms with Crippen molar-refractivity contribution < 1.29 is 14.7 Å². The lowest BCUT2D eigenvalue weighted by atomic mass is 10.2. The largest absolute Gasteiger partial charge is 0.396 e. The number of aliphatic hydroxyl groups excluding tert-OH is 1. The zero-order valence-corrected chi connectivity index (χ0v) is 11.7. The third-order valence-corrected chi connectivity index (χ3v) is 2.83. The van der Waals surface area contributed by atoms with Gasteiger partial charge < -0.3 is 10.4 Å². The Bertz CT molecular complexity index is 454. The highest BCUT2D eigenvalue weighted by Gasteiger charge is 2.06. The fourth-order valence-electron chi connectivity index (χ4n) is 1.48. The van der Waals surface area contributed by atoms with E-state index in [-0.39, 0.29) is 12.5 Å². The molecule has 0 aliphatic carbocycles. The number of hydrogen-bond acceptors (Lipinski definition) is 3. The van der Waals surface area contributed by atoms with Crippen LogP contribution in [-0.2, 0) is 4.79 Å². The summed E-state index contributed by atoms with van der Waals surface area (Å²) in [5, 5.41) is 11.5. The molecule has 1 aromatic carbocycles. The standard InChI is InChI=1S/C13H18ClN3O3/c14-10-6-3-4-7-11(10)15-13(20)17-16-12(19)8-2-1-5-9-18/h3-4,6-7,18H,1-2,5,8-9H2,(H,16,19)(H2,15,17,20). The van der Waals surface area contributed by atoms with Gasteiger partial charge in [-0.15, -0.1) is 0 Å². The number of nitrogens with one attached hydrogen (secondary N) is 3. The summed E-state index contributed by atoms with van der Waals surface area (Å²) in [6.45, 7) is 0.125. The number of hydrazine groups is 1. The summed E-state index contributed by atoms with van der Waals surface area (Å²) in [6.07, 6.45) is 2.41. The van der Waals surface area contributed by atoms with Gasteiger partial charge in [0.2, 0.25) is 5.91 Å². The fourth-order valence-corrected chi connectivity index (χ4v) is 1.66. The fraction of sp³-hybridized carbons (Fsp3) is 0.385. The van der Waals surface area contributed by atoms with Gasteiger partial charge in [0.25, 0.3) is 0 Å². The molecule has 1 aromatic rings. The van der Waals surface area contributed by atoms with Crippen LogP contribution in [0.1, 0.15) is 25.7 Å². The Kier molecular flexibility index (Phi) is 7.46. The first-order chi connectivity index (χ1) is 9.63. The third-order valence-electron chi connectivity index (χ3n) is 2.50. The van der Waals surface area contributed by atoms with Gasteiger partial charge in [-0.25, -0.2) is 10.2 Å². The minimum absolute atomic E-state index is 0.125. The van der Waals surface area contributed by atoms with Crippen molar-refractivity contribution in [3.63, 3.8) is 0 Å². The van der Waals surface area contributed by atoms with Crippen LogP contribution >= 0.6 is 11.6 Å². The molecule has 0 radical (unpaired) electrons. The highest BCUT2D eigenvalue weighted by Crippen LogP contribution is 2.19. The maximum absolute atomic E-state index is 11.5. The number of rotatable bonds is 6. The van der Waals surface area contributed by atoms with E-state index < -0.39 is 6.03 Å². The molecule has 110 valence electrons. The quantitative estimate of drug-likeness (QED) is 0.478. The first-order valence-corrected chi connectivity index (χ1v) is 6.72. The van der Waals surface area contributed by atoms with E-state index in [1.165, 1.54) is 0 Å². The zero-order valence-electron chi connectivity index (χ0n) is 11.0. The molecule has 0 heterocycles. The van der Waals surface area contributed by atoms with Crippen molar-refractivity contribution in [1.29, 1.82) is 0 Å². The normalized spacial score (nSPS) is 9.90. The van der Waals surface area contributed by atoms with E-state index in [4.69, 9.17) is 16.7 Å². The number of carbonyl (C=O) groups is 2. The van der Waals surface area contributed by atoms with Crippen molar-refractivity contribution in [1.82, 2.24) is 10.9 Å². The SMILES string of the molecule is O=C(CCCCCO)NNC(=O)Nc1ccccc1Cl. The van der Waals surface area contributed by atoms with Crippen LogP contribution in [0.15, 0.2) is 24.3 Å². The maximum atomic E-state index is 11.5. The molecule has 0 aliphatic heterocycles. The maximum Gasteiger partial charge on any atom is 0.337 e. The van der Waals surface area contributed by atoms with E-state index in [1.54, 1.807) is 24.3 Å². The van der Waals surface area contributed by atoms with Gasteiger partial charge in [0.1, 0.15) is 0 Å². The molecule has 20 heavy (non-hydrogen) atoms. The van der Waals surface area contributed by atoms with Crippen LogP contribution in [0, 0.1) is 0 Å². The molecule has 0 saturated carbocycles. The molecule has 7 heteroatoms. The second-order valence-corrected chi connectivity index (χ2v) is 4.55. The molecule has 0 spiro atoms. The van der Waals surface area contributed by atoms with Crippen LogP contribution in [0.25, 0.3) is 0 Å². The molecule has 0 atom stereocenters. The van der Waals surface area contributed by atoms with Crippen molar-refractivity contribution in [3.8, 4) is 0 Å². The van der Waals surface area contributed by atoms with E-state index in [2.05, 4.69) is 16.2 Å². The predicted molar refractivity (Wildman–Crippen MR) is 77.3 cm³/mol. The molecular weight excluding hydrogens is 282 g/mol. The number of hydrogen-bond donors (Lipinski definition) is 4. The number of carbonyl (C=O) groups excluding carboxylic acids is 2. The van der Waals surface area contributed by atoms with E-state index in [0.29, 0.717) is 30.0 Å². The molecule has 0 aliphatic rings. The molecule has 0 unspecified atom stereocenters. The van der Waals surface area contributed by atoms with Gasteiger partial charge in [0.15, 0.2) is 0 Å². The number of para-hydroxylation sites is 1. The summed E-state index contributed by atoms with van der Waals surface area (Å²) < 4.78 is 0. The molecule has 1 rings (SSSR count). The summed E-state index contributed by atoms with van der Waals surface area (Å²) in [7, 11) is 0. The van der Waals surface area contributed by atoms with Gasteiger partial charge in [-0.05, 0) is 25.0 Å². The van der Waals surface area contributed by atoms with Crippen LogP contribution in [0.2, 0.25) is 5.02 Å². The van der Waals surface area contributed by atoms with E-state index in [1.807, 2.05) is 0 Å². The Hall–Kier alpha value is -1.79. The lowest BCUT2D eigenvalue weighted by Gasteiger charge is -2.09. The summed E-state index contributed by atoms with van der Waals surface area (Å²) in [4.78, 5) is 22.9. The Balaban J connectivity index is 2.23. The van der Waals surface area contributed by atoms with E-state index in [0.717, 1.165) is 6.42 Å². The van der Waals surface area contributed by atoms with Crippen molar-refractivity contribution in [2.45, 2.75) is 25.7 Å². The molecule has 0 saturated heterocycles. The molecule has 3 amide bonds. The summed E-state index contributed by atoms with van der Waals surface area (Å²) >= 11 is 5.88. The zero-order chi connectivity index (χ0) is 14.8. The molecule has 0 bridgehead atoms. The van der Waals surface area contributed by atoms with Crippen molar-refractivity contribution >= 4 is 29.2 Å². The van der Waals surface area contributed by atoms with Gasteiger partial charge in [-0.3, -0.25) is 10.2 Å².